The molecule has 0 bridgehead atoms. The van der Waals surface area contributed by atoms with Gasteiger partial charge < -0.3 is 16.0 Å². The van der Waals surface area contributed by atoms with Gasteiger partial charge in [-0.3, -0.25) is 4.79 Å². The largest absolute Gasteiger partial charge is 0.339 e. The predicted octanol–water partition coefficient (Wildman–Crippen LogP) is 7.50. The van der Waals surface area contributed by atoms with Gasteiger partial charge in [-0.1, -0.05) is 109 Å². The highest BCUT2D eigenvalue weighted by molar-refractivity contribution is 7.80. The first-order chi connectivity index (χ1) is 13.5. The first-order valence-electron chi connectivity index (χ1n) is 9.12. The first kappa shape index (κ1) is 27.2. The Kier molecular flexibility index (Phi) is 12.7. The number of carbonyl (C=O) groups is 1. The lowest BCUT2D eigenvalue weighted by Crippen LogP contribution is -2.56. The minimum atomic E-state index is -1.84. The van der Waals surface area contributed by atoms with Crippen LogP contribution in [0.1, 0.15) is 51.9 Å². The second-order valence-electron chi connectivity index (χ2n) is 6.40. The lowest BCUT2D eigenvalue weighted by Gasteiger charge is -2.28. The second-order valence-corrected chi connectivity index (χ2v) is 10.4. The Morgan fingerprint density at radius 3 is 2.10 bits per heavy atom. The molecule has 0 aliphatic heterocycles. The quantitative estimate of drug-likeness (QED) is 0.124. The fourth-order valence-electron chi connectivity index (χ4n) is 2.44. The molecule has 0 spiro atoms. The molecule has 0 radical (unpaired) electrons. The highest BCUT2D eigenvalue weighted by atomic mass is 35.6. The van der Waals surface area contributed by atoms with Crippen molar-refractivity contribution in [1.82, 2.24) is 10.6 Å². The number of nitrogens with one attached hydrogen (secondary N) is 3. The zero-order chi connectivity index (χ0) is 22.0. The summed E-state index contributed by atoms with van der Waals surface area (Å²) < 4.78 is -1.84. The van der Waals surface area contributed by atoms with Crippen LogP contribution in [-0.2, 0) is 4.79 Å². The van der Waals surface area contributed by atoms with E-state index in [1.54, 1.807) is 0 Å². The zero-order valence-electron chi connectivity index (χ0n) is 15.8. The maximum atomic E-state index is 12.2. The fourth-order valence-corrected chi connectivity index (χ4v) is 3.90. The van der Waals surface area contributed by atoms with Gasteiger partial charge in [0.1, 0.15) is 6.17 Å². The van der Waals surface area contributed by atoms with Crippen LogP contribution in [0.5, 0.6) is 0 Å². The van der Waals surface area contributed by atoms with E-state index in [1.807, 2.05) is 0 Å². The van der Waals surface area contributed by atoms with Crippen molar-refractivity contribution in [2.45, 2.75) is 61.8 Å². The Hall–Kier alpha value is 0.120. The summed E-state index contributed by atoms with van der Waals surface area (Å²) in [7, 11) is 0. The highest BCUT2D eigenvalue weighted by Crippen LogP contribution is 2.34. The van der Waals surface area contributed by atoms with Crippen LogP contribution in [0.4, 0.5) is 5.69 Å². The SMILES string of the molecule is CCCCCCCCC(=O)N[C@@H](NC(=S)Nc1c(Cl)cc(Cl)cc1Cl)C(Cl)(Cl)Cl. The standard InChI is InChI=1S/C18H23Cl6N3OS/c1-2-3-4-5-6-7-8-14(28)25-16(18(22,23)24)27-17(29)26-15-12(20)9-11(19)10-13(15)21/h9-10,16H,2-8H2,1H3,(H,25,28)(H2,26,27,29)/t16-/m0/s1. The summed E-state index contributed by atoms with van der Waals surface area (Å²) >= 11 is 41.3. The highest BCUT2D eigenvalue weighted by Gasteiger charge is 2.34. The summed E-state index contributed by atoms with van der Waals surface area (Å²) in [6.07, 6.45) is 5.68. The number of anilines is 1. The van der Waals surface area contributed by atoms with Gasteiger partial charge in [0.2, 0.25) is 9.70 Å². The van der Waals surface area contributed by atoms with Gasteiger partial charge in [-0.25, -0.2) is 0 Å². The smallest absolute Gasteiger partial charge is 0.228 e. The number of thiocarbonyl (C=S) groups is 1. The number of hydrogen-bond donors (Lipinski definition) is 3. The molecule has 0 fully saturated rings. The molecule has 0 saturated carbocycles. The van der Waals surface area contributed by atoms with Crippen molar-refractivity contribution in [2.75, 3.05) is 5.32 Å². The molecule has 0 aromatic heterocycles. The molecule has 0 saturated heterocycles. The molecule has 1 rings (SSSR count). The van der Waals surface area contributed by atoms with Crippen molar-refractivity contribution >= 4 is 98.5 Å². The Morgan fingerprint density at radius 2 is 1.55 bits per heavy atom. The van der Waals surface area contributed by atoms with Gasteiger partial charge in [-0.2, -0.15) is 0 Å². The van der Waals surface area contributed by atoms with Crippen LogP contribution in [0.2, 0.25) is 15.1 Å². The summed E-state index contributed by atoms with van der Waals surface area (Å²) in [5.41, 5.74) is 0.344. The number of amides is 1. The van der Waals surface area contributed by atoms with E-state index < -0.39 is 9.96 Å². The van der Waals surface area contributed by atoms with Crippen molar-refractivity contribution < 1.29 is 4.79 Å². The minimum absolute atomic E-state index is 0.0623. The average molecular weight is 542 g/mol. The van der Waals surface area contributed by atoms with Gasteiger partial charge >= 0.3 is 0 Å². The van der Waals surface area contributed by atoms with Crippen LogP contribution in [0.3, 0.4) is 0 Å². The number of benzene rings is 1. The second kappa shape index (κ2) is 13.5. The van der Waals surface area contributed by atoms with E-state index in [0.29, 0.717) is 17.1 Å². The van der Waals surface area contributed by atoms with Crippen molar-refractivity contribution in [3.8, 4) is 0 Å². The van der Waals surface area contributed by atoms with Crippen LogP contribution < -0.4 is 16.0 Å². The third kappa shape index (κ3) is 10.8. The molecule has 0 aliphatic carbocycles. The van der Waals surface area contributed by atoms with Gasteiger partial charge in [-0.05, 0) is 30.8 Å². The number of unbranched alkanes of at least 4 members (excludes halogenated alkanes) is 5. The van der Waals surface area contributed by atoms with E-state index in [0.717, 1.165) is 19.3 Å². The Balaban J connectivity index is 2.61. The molecule has 1 aromatic carbocycles. The summed E-state index contributed by atoms with van der Waals surface area (Å²) in [4.78, 5) is 12.2. The topological polar surface area (TPSA) is 53.2 Å². The van der Waals surface area contributed by atoms with Gasteiger partial charge in [0, 0.05) is 11.4 Å². The van der Waals surface area contributed by atoms with Crippen LogP contribution in [0, 0.1) is 0 Å². The zero-order valence-corrected chi connectivity index (χ0v) is 21.1. The average Bonchev–Trinajstić information content (AvgIpc) is 2.59. The van der Waals surface area contributed by atoms with E-state index in [9.17, 15) is 4.79 Å². The van der Waals surface area contributed by atoms with Crippen molar-refractivity contribution in [3.63, 3.8) is 0 Å². The van der Waals surface area contributed by atoms with E-state index in [1.165, 1.54) is 31.4 Å². The maximum absolute atomic E-state index is 12.2. The van der Waals surface area contributed by atoms with Crippen LogP contribution in [0.15, 0.2) is 12.1 Å². The Labute approximate surface area is 207 Å². The third-order valence-electron chi connectivity index (χ3n) is 3.91. The molecular formula is C18H23Cl6N3OS. The fraction of sp³-hybridized carbons (Fsp3) is 0.556. The summed E-state index contributed by atoms with van der Waals surface area (Å²) in [5, 5.41) is 9.22. The van der Waals surface area contributed by atoms with E-state index in [2.05, 4.69) is 22.9 Å². The molecule has 0 unspecified atom stereocenters. The maximum Gasteiger partial charge on any atom is 0.228 e. The number of halogens is 6. The number of carbonyl (C=O) groups excluding carboxylic acids is 1. The van der Waals surface area contributed by atoms with Crippen LogP contribution >= 0.6 is 81.8 Å². The molecule has 1 amide bonds. The normalized spacial score (nSPS) is 12.4. The molecule has 3 N–H and O–H groups in total. The molecule has 11 heteroatoms. The van der Waals surface area contributed by atoms with E-state index in [-0.39, 0.29) is 21.1 Å². The third-order valence-corrected chi connectivity index (χ3v) is 5.60. The molecule has 1 atom stereocenters. The molecule has 29 heavy (non-hydrogen) atoms. The summed E-state index contributed by atoms with van der Waals surface area (Å²) in [6, 6.07) is 3.02. The number of alkyl halides is 3. The number of hydrogen-bond acceptors (Lipinski definition) is 2. The monoisotopic (exact) mass is 539 g/mol. The molecule has 0 heterocycles. The first-order valence-corrected chi connectivity index (χ1v) is 11.8. The summed E-state index contributed by atoms with van der Waals surface area (Å²) in [5.74, 6) is -0.241. The van der Waals surface area contributed by atoms with E-state index >= 15 is 0 Å². The van der Waals surface area contributed by atoms with Crippen LogP contribution in [-0.4, -0.2) is 21.0 Å². The molecule has 1 aromatic rings. The minimum Gasteiger partial charge on any atom is -0.339 e. The summed E-state index contributed by atoms with van der Waals surface area (Å²) in [6.45, 7) is 2.16. The molecule has 164 valence electrons. The molecule has 4 nitrogen and oxygen atoms in total. The number of rotatable bonds is 10. The van der Waals surface area contributed by atoms with Crippen LogP contribution in [0.25, 0.3) is 0 Å². The van der Waals surface area contributed by atoms with Crippen molar-refractivity contribution in [2.24, 2.45) is 0 Å². The van der Waals surface area contributed by atoms with Gasteiger partial charge in [0.15, 0.2) is 5.11 Å². The molecular weight excluding hydrogens is 519 g/mol. The van der Waals surface area contributed by atoms with Gasteiger partial charge in [0.25, 0.3) is 0 Å². The molecule has 0 aliphatic rings. The van der Waals surface area contributed by atoms with Crippen molar-refractivity contribution in [3.05, 3.63) is 27.2 Å². The van der Waals surface area contributed by atoms with Gasteiger partial charge in [0.05, 0.1) is 15.7 Å². The Morgan fingerprint density at radius 1 is 1.00 bits per heavy atom. The lowest BCUT2D eigenvalue weighted by molar-refractivity contribution is -0.122. The predicted molar refractivity (Wildman–Crippen MR) is 131 cm³/mol. The Bertz CT molecular complexity index is 676. The van der Waals surface area contributed by atoms with Gasteiger partial charge in [-0.15, -0.1) is 0 Å². The van der Waals surface area contributed by atoms with Crippen molar-refractivity contribution in [1.29, 1.82) is 0 Å². The lowest BCUT2D eigenvalue weighted by atomic mass is 10.1. The van der Waals surface area contributed by atoms with E-state index in [4.69, 9.17) is 81.8 Å².